The van der Waals surface area contributed by atoms with E-state index in [2.05, 4.69) is 6.92 Å². The number of ether oxygens (including phenoxy) is 1. The Bertz CT molecular complexity index is 135. The van der Waals surface area contributed by atoms with Gasteiger partial charge in [0.05, 0.1) is 6.10 Å². The molecule has 2 rings (SSSR count). The summed E-state index contributed by atoms with van der Waals surface area (Å²) in [5.74, 6) is 1.79. The monoisotopic (exact) mass is 168 g/mol. The van der Waals surface area contributed by atoms with Crippen molar-refractivity contribution in [1.82, 2.24) is 0 Å². The van der Waals surface area contributed by atoms with Crippen LogP contribution in [0.25, 0.3) is 0 Å². The van der Waals surface area contributed by atoms with Crippen molar-refractivity contribution in [1.29, 1.82) is 0 Å². The second kappa shape index (κ2) is 3.78. The van der Waals surface area contributed by atoms with Crippen molar-refractivity contribution in [3.05, 3.63) is 0 Å². The fourth-order valence-electron chi connectivity index (χ4n) is 2.94. The quantitative estimate of drug-likeness (QED) is 0.585. The SMILES string of the molecule is CCC1CCCC2CCCOC12. The third kappa shape index (κ3) is 1.52. The van der Waals surface area contributed by atoms with Gasteiger partial charge in [-0.05, 0) is 37.5 Å². The Balaban J connectivity index is 1.99. The largest absolute Gasteiger partial charge is 0.378 e. The van der Waals surface area contributed by atoms with Crippen LogP contribution in [-0.2, 0) is 4.74 Å². The molecule has 1 saturated carbocycles. The molecule has 1 saturated heterocycles. The van der Waals surface area contributed by atoms with Gasteiger partial charge in [0.2, 0.25) is 0 Å². The van der Waals surface area contributed by atoms with Gasteiger partial charge >= 0.3 is 0 Å². The van der Waals surface area contributed by atoms with Gasteiger partial charge in [-0.2, -0.15) is 0 Å². The smallest absolute Gasteiger partial charge is 0.0631 e. The highest BCUT2D eigenvalue weighted by molar-refractivity contribution is 4.84. The standard InChI is InChI=1S/C11H20O/c1-2-9-5-3-6-10-7-4-8-12-11(9)10/h9-11H,2-8H2,1H3. The van der Waals surface area contributed by atoms with Gasteiger partial charge in [-0.1, -0.05) is 19.8 Å². The molecule has 0 N–H and O–H groups in total. The Morgan fingerprint density at radius 2 is 2.00 bits per heavy atom. The summed E-state index contributed by atoms with van der Waals surface area (Å²) in [4.78, 5) is 0. The molecule has 3 atom stereocenters. The summed E-state index contributed by atoms with van der Waals surface area (Å²) < 4.78 is 5.89. The first-order chi connectivity index (χ1) is 5.92. The van der Waals surface area contributed by atoms with E-state index in [1.807, 2.05) is 0 Å². The van der Waals surface area contributed by atoms with Gasteiger partial charge in [0.1, 0.15) is 0 Å². The van der Waals surface area contributed by atoms with Crippen molar-refractivity contribution in [3.8, 4) is 0 Å². The molecule has 0 radical (unpaired) electrons. The summed E-state index contributed by atoms with van der Waals surface area (Å²) in [5.41, 5.74) is 0. The van der Waals surface area contributed by atoms with Crippen molar-refractivity contribution in [2.75, 3.05) is 6.61 Å². The van der Waals surface area contributed by atoms with Crippen molar-refractivity contribution in [3.63, 3.8) is 0 Å². The van der Waals surface area contributed by atoms with E-state index < -0.39 is 0 Å². The molecule has 2 fully saturated rings. The van der Waals surface area contributed by atoms with Crippen LogP contribution >= 0.6 is 0 Å². The summed E-state index contributed by atoms with van der Waals surface area (Å²) in [6.07, 6.45) is 8.99. The Hall–Kier alpha value is -0.0400. The van der Waals surface area contributed by atoms with Crippen molar-refractivity contribution in [2.45, 2.75) is 51.6 Å². The Morgan fingerprint density at radius 3 is 2.83 bits per heavy atom. The second-order valence-electron chi connectivity index (χ2n) is 4.34. The van der Waals surface area contributed by atoms with E-state index in [1.54, 1.807) is 0 Å². The van der Waals surface area contributed by atoms with Gasteiger partial charge in [0.15, 0.2) is 0 Å². The summed E-state index contributed by atoms with van der Waals surface area (Å²) in [7, 11) is 0. The highest BCUT2D eigenvalue weighted by atomic mass is 16.5. The summed E-state index contributed by atoms with van der Waals surface area (Å²) in [6.45, 7) is 3.34. The Kier molecular flexibility index (Phi) is 2.69. The van der Waals surface area contributed by atoms with Crippen LogP contribution in [0.2, 0.25) is 0 Å². The van der Waals surface area contributed by atoms with Crippen molar-refractivity contribution < 1.29 is 4.74 Å². The van der Waals surface area contributed by atoms with Crippen LogP contribution in [0.3, 0.4) is 0 Å². The zero-order valence-corrected chi connectivity index (χ0v) is 8.09. The van der Waals surface area contributed by atoms with E-state index in [1.165, 1.54) is 38.5 Å². The maximum atomic E-state index is 5.89. The number of hydrogen-bond acceptors (Lipinski definition) is 1. The van der Waals surface area contributed by atoms with E-state index in [-0.39, 0.29) is 0 Å². The van der Waals surface area contributed by atoms with E-state index in [9.17, 15) is 0 Å². The minimum absolute atomic E-state index is 0.637. The highest BCUT2D eigenvalue weighted by Crippen LogP contribution is 2.38. The molecular weight excluding hydrogens is 148 g/mol. The molecule has 2 aliphatic rings. The fraction of sp³-hybridized carbons (Fsp3) is 1.00. The lowest BCUT2D eigenvalue weighted by atomic mass is 9.74. The van der Waals surface area contributed by atoms with Crippen LogP contribution in [0.15, 0.2) is 0 Å². The van der Waals surface area contributed by atoms with Gasteiger partial charge in [-0.3, -0.25) is 0 Å². The van der Waals surface area contributed by atoms with Gasteiger partial charge in [-0.15, -0.1) is 0 Å². The van der Waals surface area contributed by atoms with Crippen LogP contribution in [0.5, 0.6) is 0 Å². The molecule has 1 aliphatic heterocycles. The predicted octanol–water partition coefficient (Wildman–Crippen LogP) is 2.99. The lowest BCUT2D eigenvalue weighted by molar-refractivity contribution is -0.0810. The van der Waals surface area contributed by atoms with Crippen LogP contribution in [0.1, 0.15) is 45.4 Å². The van der Waals surface area contributed by atoms with Gasteiger partial charge in [-0.25, -0.2) is 0 Å². The molecule has 0 aromatic rings. The molecule has 0 bridgehead atoms. The molecule has 1 heteroatoms. The normalized spacial score (nSPS) is 42.2. The van der Waals surface area contributed by atoms with Crippen molar-refractivity contribution in [2.24, 2.45) is 11.8 Å². The molecule has 0 aromatic carbocycles. The third-order valence-corrected chi connectivity index (χ3v) is 3.63. The lowest BCUT2D eigenvalue weighted by Gasteiger charge is -2.40. The molecule has 70 valence electrons. The van der Waals surface area contributed by atoms with E-state index in [0.29, 0.717) is 6.10 Å². The summed E-state index contributed by atoms with van der Waals surface area (Å²) in [6, 6.07) is 0. The molecule has 1 heterocycles. The minimum Gasteiger partial charge on any atom is -0.378 e. The number of rotatable bonds is 1. The number of hydrogen-bond donors (Lipinski definition) is 0. The molecule has 12 heavy (non-hydrogen) atoms. The molecule has 3 unspecified atom stereocenters. The van der Waals surface area contributed by atoms with Crippen LogP contribution in [0, 0.1) is 11.8 Å². The van der Waals surface area contributed by atoms with Crippen LogP contribution in [-0.4, -0.2) is 12.7 Å². The molecule has 0 spiro atoms. The predicted molar refractivity (Wildman–Crippen MR) is 50.1 cm³/mol. The van der Waals surface area contributed by atoms with Crippen LogP contribution < -0.4 is 0 Å². The molecular formula is C11H20O. The maximum absolute atomic E-state index is 5.89. The first-order valence-electron chi connectivity index (χ1n) is 5.53. The highest BCUT2D eigenvalue weighted by Gasteiger charge is 2.34. The zero-order chi connectivity index (χ0) is 8.39. The average Bonchev–Trinajstić information content (AvgIpc) is 2.17. The molecule has 1 nitrogen and oxygen atoms in total. The van der Waals surface area contributed by atoms with Crippen molar-refractivity contribution >= 4 is 0 Å². The first-order valence-corrected chi connectivity index (χ1v) is 5.53. The molecule has 0 aromatic heterocycles. The fourth-order valence-corrected chi connectivity index (χ4v) is 2.94. The van der Waals surface area contributed by atoms with Gasteiger partial charge < -0.3 is 4.74 Å². The molecule has 1 aliphatic carbocycles. The van der Waals surface area contributed by atoms with Crippen LogP contribution in [0.4, 0.5) is 0 Å². The summed E-state index contributed by atoms with van der Waals surface area (Å²) >= 11 is 0. The Labute approximate surface area is 75.5 Å². The number of fused-ring (bicyclic) bond motifs is 1. The summed E-state index contributed by atoms with van der Waals surface area (Å²) in [5, 5.41) is 0. The second-order valence-corrected chi connectivity index (χ2v) is 4.34. The molecule has 0 amide bonds. The van der Waals surface area contributed by atoms with Gasteiger partial charge in [0, 0.05) is 6.61 Å². The third-order valence-electron chi connectivity index (χ3n) is 3.63. The van der Waals surface area contributed by atoms with E-state index in [4.69, 9.17) is 4.74 Å². The zero-order valence-electron chi connectivity index (χ0n) is 8.09. The maximum Gasteiger partial charge on any atom is 0.0631 e. The van der Waals surface area contributed by atoms with Gasteiger partial charge in [0.25, 0.3) is 0 Å². The van der Waals surface area contributed by atoms with E-state index >= 15 is 0 Å². The van der Waals surface area contributed by atoms with E-state index in [0.717, 1.165) is 18.4 Å². The minimum atomic E-state index is 0.637. The lowest BCUT2D eigenvalue weighted by Crippen LogP contribution is -2.38. The first kappa shape index (κ1) is 8.55. The average molecular weight is 168 g/mol. The topological polar surface area (TPSA) is 9.23 Å². The Morgan fingerprint density at radius 1 is 1.17 bits per heavy atom.